The van der Waals surface area contributed by atoms with E-state index in [2.05, 4.69) is 13.8 Å². The minimum absolute atomic E-state index is 0.0625. The molecule has 2 amide bonds. The number of carbonyl (C=O) groups is 2. The first kappa shape index (κ1) is 14.8. The van der Waals surface area contributed by atoms with Gasteiger partial charge in [-0.05, 0) is 12.8 Å². The van der Waals surface area contributed by atoms with Crippen LogP contribution in [0.4, 0.5) is 4.79 Å². The lowest BCUT2D eigenvalue weighted by atomic mass is 9.87. The molecule has 0 aromatic rings. The van der Waals surface area contributed by atoms with Crippen LogP contribution in [0.3, 0.4) is 0 Å². The van der Waals surface area contributed by atoms with Crippen molar-refractivity contribution in [2.75, 3.05) is 26.2 Å². The summed E-state index contributed by atoms with van der Waals surface area (Å²) < 4.78 is 0. The number of nitrogens with zero attached hydrogens (tertiary/aromatic N) is 2. The Morgan fingerprint density at radius 3 is 2.17 bits per heavy atom. The molecule has 0 radical (unpaired) electrons. The smallest absolute Gasteiger partial charge is 0.320 e. The topological polar surface area (TPSA) is 60.9 Å². The van der Waals surface area contributed by atoms with Gasteiger partial charge in [0.05, 0.1) is 5.92 Å². The fourth-order valence-corrected chi connectivity index (χ4v) is 2.23. The maximum absolute atomic E-state index is 12.1. The van der Waals surface area contributed by atoms with Crippen LogP contribution in [-0.4, -0.2) is 53.1 Å². The molecule has 0 aromatic carbocycles. The zero-order valence-electron chi connectivity index (χ0n) is 11.6. The third-order valence-corrected chi connectivity index (χ3v) is 3.53. The number of urea groups is 1. The number of carboxylic acid groups (broad SMARTS) is 1. The van der Waals surface area contributed by atoms with Gasteiger partial charge in [-0.1, -0.05) is 20.8 Å². The van der Waals surface area contributed by atoms with Crippen molar-refractivity contribution in [1.82, 2.24) is 9.80 Å². The Kier molecular flexibility index (Phi) is 5.44. The maximum atomic E-state index is 12.1. The molecule has 0 aromatic heterocycles. The summed E-state index contributed by atoms with van der Waals surface area (Å²) in [6.07, 6.45) is 1.91. The fraction of sp³-hybridized carbons (Fsp3) is 0.846. The van der Waals surface area contributed by atoms with Gasteiger partial charge in [0.2, 0.25) is 0 Å². The van der Waals surface area contributed by atoms with E-state index < -0.39 is 5.97 Å². The summed E-state index contributed by atoms with van der Waals surface area (Å²) in [5.41, 5.74) is 0. The Morgan fingerprint density at radius 1 is 1.28 bits per heavy atom. The zero-order valence-corrected chi connectivity index (χ0v) is 11.6. The SMILES string of the molecule is CCCN(CCC)C(=O)N1CC(C(C)C(=O)O)C1. The van der Waals surface area contributed by atoms with Crippen LogP contribution >= 0.6 is 0 Å². The summed E-state index contributed by atoms with van der Waals surface area (Å²) in [7, 11) is 0. The van der Waals surface area contributed by atoms with E-state index in [0.29, 0.717) is 13.1 Å². The van der Waals surface area contributed by atoms with Gasteiger partial charge in [0.25, 0.3) is 0 Å². The molecule has 0 bridgehead atoms. The second-order valence-electron chi connectivity index (χ2n) is 5.06. The van der Waals surface area contributed by atoms with Crippen LogP contribution in [0.1, 0.15) is 33.6 Å². The summed E-state index contributed by atoms with van der Waals surface area (Å²) in [6.45, 7) is 8.55. The maximum Gasteiger partial charge on any atom is 0.320 e. The summed E-state index contributed by atoms with van der Waals surface area (Å²) in [5.74, 6) is -1.03. The van der Waals surface area contributed by atoms with Gasteiger partial charge in [-0.25, -0.2) is 4.79 Å². The molecule has 1 unspecified atom stereocenters. The Morgan fingerprint density at radius 2 is 1.78 bits per heavy atom. The molecule has 5 nitrogen and oxygen atoms in total. The largest absolute Gasteiger partial charge is 0.481 e. The Hall–Kier alpha value is -1.26. The number of carbonyl (C=O) groups excluding carboxylic acids is 1. The molecule has 18 heavy (non-hydrogen) atoms. The highest BCUT2D eigenvalue weighted by molar-refractivity contribution is 5.76. The van der Waals surface area contributed by atoms with Gasteiger partial charge in [0.1, 0.15) is 0 Å². The molecule has 1 N–H and O–H groups in total. The van der Waals surface area contributed by atoms with E-state index in [4.69, 9.17) is 5.11 Å². The fourth-order valence-electron chi connectivity index (χ4n) is 2.23. The van der Waals surface area contributed by atoms with Crippen molar-refractivity contribution in [3.63, 3.8) is 0 Å². The summed E-state index contributed by atoms with van der Waals surface area (Å²) >= 11 is 0. The summed E-state index contributed by atoms with van der Waals surface area (Å²) in [5, 5.41) is 8.91. The molecular formula is C13H24N2O3. The van der Waals surface area contributed by atoms with Gasteiger partial charge >= 0.3 is 12.0 Å². The Bertz CT molecular complexity index is 295. The molecule has 1 atom stereocenters. The van der Waals surface area contributed by atoms with Gasteiger partial charge in [-0.15, -0.1) is 0 Å². The lowest BCUT2D eigenvalue weighted by Gasteiger charge is -2.43. The van der Waals surface area contributed by atoms with Crippen LogP contribution in [0.2, 0.25) is 0 Å². The second kappa shape index (κ2) is 6.61. The van der Waals surface area contributed by atoms with Gasteiger partial charge in [-0.3, -0.25) is 4.79 Å². The van der Waals surface area contributed by atoms with E-state index in [-0.39, 0.29) is 17.9 Å². The first-order valence-corrected chi connectivity index (χ1v) is 6.77. The van der Waals surface area contributed by atoms with Crippen molar-refractivity contribution < 1.29 is 14.7 Å². The molecule has 1 fully saturated rings. The second-order valence-corrected chi connectivity index (χ2v) is 5.06. The van der Waals surface area contributed by atoms with Gasteiger partial charge < -0.3 is 14.9 Å². The van der Waals surface area contributed by atoms with Crippen LogP contribution < -0.4 is 0 Å². The number of aliphatic carboxylic acids is 1. The van der Waals surface area contributed by atoms with Crippen molar-refractivity contribution >= 4 is 12.0 Å². The summed E-state index contributed by atoms with van der Waals surface area (Å²) in [6, 6.07) is 0.0625. The van der Waals surface area contributed by atoms with Crippen LogP contribution in [0, 0.1) is 11.8 Å². The molecule has 104 valence electrons. The highest BCUT2D eigenvalue weighted by Gasteiger charge is 2.38. The first-order chi connectivity index (χ1) is 8.51. The predicted molar refractivity (Wildman–Crippen MR) is 69.4 cm³/mol. The van der Waals surface area contributed by atoms with Crippen molar-refractivity contribution in [2.24, 2.45) is 11.8 Å². The Balaban J connectivity index is 2.43. The lowest BCUT2D eigenvalue weighted by Crippen LogP contribution is -2.57. The number of rotatable bonds is 6. The van der Waals surface area contributed by atoms with Crippen molar-refractivity contribution in [3.8, 4) is 0 Å². The molecule has 0 aliphatic carbocycles. The Labute approximate surface area is 109 Å². The highest BCUT2D eigenvalue weighted by atomic mass is 16.4. The van der Waals surface area contributed by atoms with E-state index in [1.807, 2.05) is 4.90 Å². The zero-order chi connectivity index (χ0) is 13.7. The van der Waals surface area contributed by atoms with E-state index in [1.165, 1.54) is 0 Å². The van der Waals surface area contributed by atoms with Crippen molar-refractivity contribution in [1.29, 1.82) is 0 Å². The van der Waals surface area contributed by atoms with E-state index in [1.54, 1.807) is 11.8 Å². The highest BCUT2D eigenvalue weighted by Crippen LogP contribution is 2.25. The molecule has 1 aliphatic heterocycles. The molecule has 5 heteroatoms. The normalized spacial score (nSPS) is 17.2. The van der Waals surface area contributed by atoms with Gasteiger partial charge in [0.15, 0.2) is 0 Å². The van der Waals surface area contributed by atoms with Crippen LogP contribution in [0.25, 0.3) is 0 Å². The molecule has 1 heterocycles. The van der Waals surface area contributed by atoms with Crippen LogP contribution in [0.15, 0.2) is 0 Å². The van der Waals surface area contributed by atoms with E-state index >= 15 is 0 Å². The minimum Gasteiger partial charge on any atom is -0.481 e. The van der Waals surface area contributed by atoms with Gasteiger partial charge in [-0.2, -0.15) is 0 Å². The molecule has 0 spiro atoms. The average molecular weight is 256 g/mol. The molecule has 0 saturated carbocycles. The number of carboxylic acids is 1. The first-order valence-electron chi connectivity index (χ1n) is 6.77. The number of amides is 2. The van der Waals surface area contributed by atoms with Crippen molar-refractivity contribution in [2.45, 2.75) is 33.6 Å². The number of likely N-dealkylation sites (tertiary alicyclic amines) is 1. The molecule has 1 aliphatic rings. The minimum atomic E-state index is -0.772. The van der Waals surface area contributed by atoms with Crippen LogP contribution in [0.5, 0.6) is 0 Å². The van der Waals surface area contributed by atoms with Gasteiger partial charge in [0, 0.05) is 32.1 Å². The van der Waals surface area contributed by atoms with Crippen molar-refractivity contribution in [3.05, 3.63) is 0 Å². The number of hydrogen-bond acceptors (Lipinski definition) is 2. The monoisotopic (exact) mass is 256 g/mol. The third kappa shape index (κ3) is 3.37. The predicted octanol–water partition coefficient (Wildman–Crippen LogP) is 1.88. The molecule has 1 saturated heterocycles. The average Bonchev–Trinajstić information content (AvgIpc) is 2.26. The number of hydrogen-bond donors (Lipinski definition) is 1. The van der Waals surface area contributed by atoms with E-state index in [0.717, 1.165) is 25.9 Å². The lowest BCUT2D eigenvalue weighted by molar-refractivity contribution is -0.144. The van der Waals surface area contributed by atoms with Crippen LogP contribution in [-0.2, 0) is 4.79 Å². The van der Waals surface area contributed by atoms with E-state index in [9.17, 15) is 9.59 Å². The summed E-state index contributed by atoms with van der Waals surface area (Å²) in [4.78, 5) is 26.6. The molecule has 1 rings (SSSR count). The third-order valence-electron chi connectivity index (χ3n) is 3.53. The molecular weight excluding hydrogens is 232 g/mol. The standard InChI is InChI=1S/C13H24N2O3/c1-4-6-14(7-5-2)13(18)15-8-11(9-15)10(3)12(16)17/h10-11H,4-9H2,1-3H3,(H,16,17). The quantitative estimate of drug-likeness (QED) is 0.789.